The predicted octanol–water partition coefficient (Wildman–Crippen LogP) is 3.15. The molecule has 0 aliphatic carbocycles. The third-order valence-electron chi connectivity index (χ3n) is 3.54. The number of rotatable bonds is 3. The Morgan fingerprint density at radius 3 is 2.73 bits per heavy atom. The Hall–Kier alpha value is -2.95. The van der Waals surface area contributed by atoms with Crippen molar-refractivity contribution in [1.29, 1.82) is 0 Å². The van der Waals surface area contributed by atoms with E-state index in [-0.39, 0.29) is 11.3 Å². The topological polar surface area (TPSA) is 65.2 Å². The van der Waals surface area contributed by atoms with Crippen LogP contribution < -0.4 is 10.5 Å². The van der Waals surface area contributed by atoms with Gasteiger partial charge < -0.3 is 10.5 Å². The molecule has 110 valence electrons. The van der Waals surface area contributed by atoms with Crippen LogP contribution in [-0.4, -0.2) is 18.0 Å². The number of fused-ring (bicyclic) bond motifs is 1. The number of aromatic nitrogens is 1. The maximum Gasteiger partial charge on any atom is 0.252 e. The van der Waals surface area contributed by atoms with Crippen LogP contribution in [0.5, 0.6) is 5.75 Å². The first-order valence-electron chi connectivity index (χ1n) is 6.63. The summed E-state index contributed by atoms with van der Waals surface area (Å²) in [7, 11) is 1.34. The van der Waals surface area contributed by atoms with Gasteiger partial charge in [0.1, 0.15) is 0 Å². The van der Waals surface area contributed by atoms with E-state index in [9.17, 15) is 9.18 Å². The minimum Gasteiger partial charge on any atom is -0.494 e. The zero-order chi connectivity index (χ0) is 15.7. The van der Waals surface area contributed by atoms with Crippen molar-refractivity contribution in [3.63, 3.8) is 0 Å². The molecule has 0 spiro atoms. The van der Waals surface area contributed by atoms with Gasteiger partial charge in [0.2, 0.25) is 0 Å². The molecule has 3 rings (SSSR count). The smallest absolute Gasteiger partial charge is 0.252 e. The van der Waals surface area contributed by atoms with Gasteiger partial charge in [0.05, 0.1) is 12.7 Å². The largest absolute Gasteiger partial charge is 0.494 e. The molecule has 22 heavy (non-hydrogen) atoms. The average Bonchev–Trinajstić information content (AvgIpc) is 2.53. The van der Waals surface area contributed by atoms with E-state index >= 15 is 0 Å². The SMILES string of the molecule is COc1ccc(-c2cccc3cnccc23)c(C(N)=O)c1F. The molecule has 1 heterocycles. The molecular formula is C17H13FN2O2. The summed E-state index contributed by atoms with van der Waals surface area (Å²) in [6.07, 6.45) is 3.36. The van der Waals surface area contributed by atoms with Gasteiger partial charge in [0.15, 0.2) is 11.6 Å². The number of halogens is 1. The second-order valence-corrected chi connectivity index (χ2v) is 4.77. The van der Waals surface area contributed by atoms with Crippen molar-refractivity contribution in [1.82, 2.24) is 4.98 Å². The Kier molecular flexibility index (Phi) is 3.47. The molecule has 0 bridgehead atoms. The maximum atomic E-state index is 14.4. The normalized spacial score (nSPS) is 10.6. The van der Waals surface area contributed by atoms with Crippen molar-refractivity contribution in [3.05, 3.63) is 60.2 Å². The molecule has 0 aliphatic heterocycles. The van der Waals surface area contributed by atoms with Crippen molar-refractivity contribution in [3.8, 4) is 16.9 Å². The van der Waals surface area contributed by atoms with E-state index in [0.717, 1.165) is 16.3 Å². The van der Waals surface area contributed by atoms with Gasteiger partial charge in [-0.25, -0.2) is 4.39 Å². The summed E-state index contributed by atoms with van der Waals surface area (Å²) >= 11 is 0. The van der Waals surface area contributed by atoms with Gasteiger partial charge in [-0.3, -0.25) is 9.78 Å². The number of pyridine rings is 1. The molecule has 2 aromatic carbocycles. The van der Waals surface area contributed by atoms with Gasteiger partial charge in [-0.2, -0.15) is 0 Å². The summed E-state index contributed by atoms with van der Waals surface area (Å²) in [5.41, 5.74) is 6.35. The molecule has 0 unspecified atom stereocenters. The van der Waals surface area contributed by atoms with Crippen LogP contribution >= 0.6 is 0 Å². The van der Waals surface area contributed by atoms with Crippen molar-refractivity contribution in [2.75, 3.05) is 7.11 Å². The molecule has 1 amide bonds. The Morgan fingerprint density at radius 1 is 1.18 bits per heavy atom. The van der Waals surface area contributed by atoms with Gasteiger partial charge in [-0.15, -0.1) is 0 Å². The minimum absolute atomic E-state index is 0.0144. The third-order valence-corrected chi connectivity index (χ3v) is 3.54. The summed E-state index contributed by atoms with van der Waals surface area (Å²) in [6.45, 7) is 0. The van der Waals surface area contributed by atoms with Crippen LogP contribution in [0.2, 0.25) is 0 Å². The molecule has 0 saturated heterocycles. The van der Waals surface area contributed by atoms with Crippen LogP contribution in [0.4, 0.5) is 4.39 Å². The van der Waals surface area contributed by atoms with Crippen LogP contribution in [0.1, 0.15) is 10.4 Å². The van der Waals surface area contributed by atoms with E-state index in [1.807, 2.05) is 24.3 Å². The van der Waals surface area contributed by atoms with Crippen LogP contribution in [-0.2, 0) is 0 Å². The van der Waals surface area contributed by atoms with Gasteiger partial charge >= 0.3 is 0 Å². The third kappa shape index (κ3) is 2.16. The highest BCUT2D eigenvalue weighted by Crippen LogP contribution is 2.34. The maximum absolute atomic E-state index is 14.4. The molecule has 5 heteroatoms. The predicted molar refractivity (Wildman–Crippen MR) is 82.2 cm³/mol. The molecule has 0 saturated carbocycles. The van der Waals surface area contributed by atoms with E-state index in [0.29, 0.717) is 5.56 Å². The fourth-order valence-corrected chi connectivity index (χ4v) is 2.54. The summed E-state index contributed by atoms with van der Waals surface area (Å²) < 4.78 is 19.4. The van der Waals surface area contributed by atoms with Crippen molar-refractivity contribution in [2.24, 2.45) is 5.73 Å². The number of nitrogens with two attached hydrogens (primary N) is 1. The standard InChI is InChI=1S/C17H13FN2O2/c1-22-14-6-5-13(15(16(14)18)17(19)21)12-4-2-3-10-9-20-8-7-11(10)12/h2-9H,1H3,(H2,19,21). The average molecular weight is 296 g/mol. The fourth-order valence-electron chi connectivity index (χ4n) is 2.54. The lowest BCUT2D eigenvalue weighted by Gasteiger charge is -2.13. The summed E-state index contributed by atoms with van der Waals surface area (Å²) in [5.74, 6) is -1.60. The zero-order valence-corrected chi connectivity index (χ0v) is 11.8. The van der Waals surface area contributed by atoms with Crippen molar-refractivity contribution < 1.29 is 13.9 Å². The van der Waals surface area contributed by atoms with Crippen LogP contribution in [0.15, 0.2) is 48.8 Å². The van der Waals surface area contributed by atoms with Crippen LogP contribution in [0.3, 0.4) is 0 Å². The first kappa shape index (κ1) is 14.0. The monoisotopic (exact) mass is 296 g/mol. The molecule has 2 N–H and O–H groups in total. The number of carbonyl (C=O) groups excluding carboxylic acids is 1. The number of hydrogen-bond donors (Lipinski definition) is 1. The van der Waals surface area contributed by atoms with E-state index in [4.69, 9.17) is 10.5 Å². The number of hydrogen-bond acceptors (Lipinski definition) is 3. The molecule has 1 aromatic heterocycles. The number of ether oxygens (including phenoxy) is 1. The van der Waals surface area contributed by atoms with E-state index in [2.05, 4.69) is 4.98 Å². The van der Waals surface area contributed by atoms with Crippen molar-refractivity contribution >= 4 is 16.7 Å². The van der Waals surface area contributed by atoms with E-state index in [1.165, 1.54) is 13.2 Å². The first-order chi connectivity index (χ1) is 10.6. The highest BCUT2D eigenvalue weighted by molar-refractivity contribution is 6.05. The molecule has 0 aliphatic rings. The molecule has 3 aromatic rings. The number of amides is 1. The molecule has 0 fully saturated rings. The number of primary amides is 1. The minimum atomic E-state index is -0.836. The lowest BCUT2D eigenvalue weighted by molar-refractivity contribution is 0.0996. The van der Waals surface area contributed by atoms with E-state index < -0.39 is 11.7 Å². The first-order valence-corrected chi connectivity index (χ1v) is 6.63. The van der Waals surface area contributed by atoms with Crippen LogP contribution in [0, 0.1) is 5.82 Å². The van der Waals surface area contributed by atoms with Crippen LogP contribution in [0.25, 0.3) is 21.9 Å². The number of benzene rings is 2. The van der Waals surface area contributed by atoms with Gasteiger partial charge in [0, 0.05) is 17.8 Å². The second-order valence-electron chi connectivity index (χ2n) is 4.77. The Bertz CT molecular complexity index is 872. The van der Waals surface area contributed by atoms with Crippen molar-refractivity contribution in [2.45, 2.75) is 0 Å². The molecular weight excluding hydrogens is 283 g/mol. The summed E-state index contributed by atoms with van der Waals surface area (Å²) in [4.78, 5) is 15.8. The van der Waals surface area contributed by atoms with Gasteiger partial charge in [-0.05, 0) is 34.7 Å². The van der Waals surface area contributed by atoms with E-state index in [1.54, 1.807) is 18.5 Å². The molecule has 0 atom stereocenters. The second kappa shape index (κ2) is 5.44. The van der Waals surface area contributed by atoms with Gasteiger partial charge in [-0.1, -0.05) is 18.2 Å². The number of nitrogens with zero attached hydrogens (tertiary/aromatic N) is 1. The molecule has 4 nitrogen and oxygen atoms in total. The quantitative estimate of drug-likeness (QED) is 0.807. The fraction of sp³-hybridized carbons (Fsp3) is 0.0588. The Morgan fingerprint density at radius 2 is 2.00 bits per heavy atom. The summed E-state index contributed by atoms with van der Waals surface area (Å²) in [5, 5.41) is 1.76. The lowest BCUT2D eigenvalue weighted by Crippen LogP contribution is -2.15. The number of methoxy groups -OCH3 is 1. The Balaban J connectivity index is 2.36. The van der Waals surface area contributed by atoms with Gasteiger partial charge in [0.25, 0.3) is 5.91 Å². The Labute approximate surface area is 126 Å². The highest BCUT2D eigenvalue weighted by atomic mass is 19.1. The lowest BCUT2D eigenvalue weighted by atomic mass is 9.94. The zero-order valence-electron chi connectivity index (χ0n) is 11.8. The molecule has 0 radical (unpaired) electrons. The highest BCUT2D eigenvalue weighted by Gasteiger charge is 2.20. The number of carbonyl (C=O) groups is 1. The summed E-state index contributed by atoms with van der Waals surface area (Å²) in [6, 6.07) is 10.5.